The summed E-state index contributed by atoms with van der Waals surface area (Å²) in [5.41, 5.74) is 0. The normalized spacial score (nSPS) is 21.3. The molecule has 0 saturated heterocycles. The van der Waals surface area contributed by atoms with Gasteiger partial charge in [-0.15, -0.1) is 0 Å². The van der Waals surface area contributed by atoms with Crippen LogP contribution in [-0.4, -0.2) is 0 Å². The van der Waals surface area contributed by atoms with E-state index in [-0.39, 0.29) is 0 Å². The molecule has 45 heteroatoms. The zero-order chi connectivity index (χ0) is 40.9. The van der Waals surface area contributed by atoms with Crippen LogP contribution in [0.3, 0.4) is 0 Å². The number of thiol groups is 1. The lowest BCUT2D eigenvalue weighted by atomic mass is 11.3. The summed E-state index contributed by atoms with van der Waals surface area (Å²) in [6.45, 7) is 0. The largest absolute Gasteiger partial charge is 0.448 e. The maximum absolute atomic E-state index is 8.57. The van der Waals surface area contributed by atoms with Gasteiger partial charge in [0, 0.05) is 0 Å². The Morgan fingerprint density at radius 1 is 0.193 bits per heavy atom. The van der Waals surface area contributed by atoms with E-state index < -0.39 is 11.5 Å². The van der Waals surface area contributed by atoms with Gasteiger partial charge < -0.3 is 8.99 Å². The fourth-order valence-electron chi connectivity index (χ4n) is 0.941. The van der Waals surface area contributed by atoms with Crippen molar-refractivity contribution in [1.82, 2.24) is 0 Å². The number of nitrogens with one attached hydrogen (secondary N) is 1. The molecule has 332 valence electrons. The average molecular weight is 1570 g/mol. The van der Waals surface area contributed by atoms with Crippen LogP contribution < -0.4 is 0 Å². The second-order valence-electron chi connectivity index (χ2n) is 4.92. The van der Waals surface area contributed by atoms with Crippen LogP contribution in [0.25, 0.3) is 0 Å². The van der Waals surface area contributed by atoms with E-state index >= 15 is 0 Å². The van der Waals surface area contributed by atoms with Crippen molar-refractivity contribution in [2.45, 2.75) is 0 Å². The van der Waals surface area contributed by atoms with Gasteiger partial charge in [0.2, 0.25) is 0 Å². The van der Waals surface area contributed by atoms with E-state index in [0.29, 0.717) is 0 Å². The van der Waals surface area contributed by atoms with Crippen LogP contribution in [0.1, 0.15) is 0 Å². The highest BCUT2D eigenvalue weighted by molar-refractivity contribution is 9.49. The fraction of sp³-hybridized carbons (Fsp3) is 0. The molecular formula is C12H14NOS43-. The van der Waals surface area contributed by atoms with Gasteiger partial charge >= 0.3 is 0 Å². The third-order valence-corrected chi connectivity index (χ3v) is 75.7. The molecule has 0 unspecified atom stereocenters. The second kappa shape index (κ2) is 69.1. The Kier molecular flexibility index (Phi) is 85.0. The van der Waals surface area contributed by atoms with E-state index in [1.54, 1.807) is 247 Å². The molecule has 0 spiro atoms. The van der Waals surface area contributed by atoms with E-state index in [9.17, 15) is 0 Å². The zero-order valence-corrected chi connectivity index (χ0v) is 60.6. The molecule has 0 saturated carbocycles. The molecule has 57 heavy (non-hydrogen) atoms. The van der Waals surface area contributed by atoms with Crippen molar-refractivity contribution in [3.8, 4) is 0 Å². The van der Waals surface area contributed by atoms with E-state index in [1.807, 2.05) is 177 Å². The van der Waals surface area contributed by atoms with Gasteiger partial charge in [0.05, 0.1) is 0 Å². The summed E-state index contributed by atoms with van der Waals surface area (Å²) < 4.78 is 14.2. The Bertz CT molecular complexity index is 757. The molecule has 0 aromatic carbocycles. The van der Waals surface area contributed by atoms with Crippen LogP contribution in [0.4, 0.5) is 0 Å². The smallest absolute Gasteiger partial charge is 0.0000334 e. The van der Waals surface area contributed by atoms with Crippen LogP contribution in [0.5, 0.6) is 0 Å². The number of rotatable bonds is 0. The van der Waals surface area contributed by atoms with Crippen LogP contribution in [-0.2, 0) is 15.7 Å². The molecule has 0 amide bonds. The van der Waals surface area contributed by atoms with Crippen molar-refractivity contribution in [2.24, 2.45) is 0 Å². The van der Waals surface area contributed by atoms with Crippen molar-refractivity contribution < 1.29 is 4.21 Å². The van der Waals surface area contributed by atoms with Gasteiger partial charge in [-0.1, -0.05) is 130 Å². The van der Waals surface area contributed by atoms with E-state index in [0.717, 1.165) is 0 Å². The molecule has 0 aliphatic carbocycles. The Hall–Kier alpha value is 13.1. The predicted octanol–water partition coefficient (Wildman–Crippen LogP) is 30.5. The molecule has 6 aliphatic rings. The van der Waals surface area contributed by atoms with Crippen LogP contribution >= 0.6 is 424 Å². The maximum atomic E-state index is 8.57. The highest BCUT2D eigenvalue weighted by Gasteiger charge is 1.99. The Labute approximate surface area is 497 Å². The molecule has 2 nitrogen and oxygen atoms in total. The van der Waals surface area contributed by atoms with Gasteiger partial charge in [-0.2, -0.15) is 0 Å². The molecule has 0 radical (unpaired) electrons. The fourth-order valence-corrected chi connectivity index (χ4v) is 79.9. The summed E-state index contributed by atoms with van der Waals surface area (Å²) in [6.07, 6.45) is 0. The summed E-state index contributed by atoms with van der Waals surface area (Å²) in [6, 6.07) is 0. The Morgan fingerprint density at radius 3 is 0.351 bits per heavy atom. The minimum absolute atomic E-state index is 0.583. The molecule has 6 rings (SSSR count). The highest BCUT2D eigenvalue weighted by Crippen LogP contribution is 2.61. The first-order valence-electron chi connectivity index (χ1n) is 11.2. The van der Waals surface area contributed by atoms with Gasteiger partial charge in [0.15, 0.2) is 0 Å². The minimum atomic E-state index is -0.583. The van der Waals surface area contributed by atoms with E-state index in [1.165, 1.54) is 0 Å². The highest BCUT2D eigenvalue weighted by atomic mass is 34.0. The Morgan fingerprint density at radius 2 is 0.263 bits per heavy atom. The number of hydrogen-bond acceptors (Lipinski definition) is 45. The third kappa shape index (κ3) is 69.1. The van der Waals surface area contributed by atoms with Crippen molar-refractivity contribution in [1.29, 1.82) is 4.78 Å². The van der Waals surface area contributed by atoms with Gasteiger partial charge in [0.1, 0.15) is 0 Å². The summed E-state index contributed by atoms with van der Waals surface area (Å²) >= 11 is -0.583. The van der Waals surface area contributed by atoms with Crippen molar-refractivity contribution >= 4 is 436 Å². The van der Waals surface area contributed by atoms with E-state index in [2.05, 4.69) is 64.9 Å². The Balaban J connectivity index is 0.000000651. The SMILES string of the molecule is C1=CSSSSSSS1.C1=CSSSSSSS1.C1=CSSSSSSS1.C1=CSSSSSSS1.C1=CSSSSSSS1.C1=CSSSSSSS1.N=[SH-]=O. The maximum Gasteiger partial charge on any atom is -0.0000334 e. The van der Waals surface area contributed by atoms with Gasteiger partial charge in [0.25, 0.3) is 0 Å². The molecule has 0 aromatic rings. The summed E-state index contributed by atoms with van der Waals surface area (Å²) in [5, 5.41) is 25.4. The van der Waals surface area contributed by atoms with Crippen molar-refractivity contribution in [2.75, 3.05) is 0 Å². The monoisotopic (exact) mass is 1560 g/mol. The molecule has 0 aromatic heterocycles. The quantitative estimate of drug-likeness (QED) is 0.142. The minimum Gasteiger partial charge on any atom is -0.448 e. The average Bonchev–Trinajstić information content (AvgIpc) is 3.75. The molecule has 0 bridgehead atoms. The van der Waals surface area contributed by atoms with Crippen LogP contribution in [0, 0.1) is 4.78 Å². The lowest BCUT2D eigenvalue weighted by Crippen LogP contribution is -1.32. The lowest BCUT2D eigenvalue weighted by Gasteiger charge is -1.89. The topological polar surface area (TPSA) is 40.9 Å². The summed E-state index contributed by atoms with van der Waals surface area (Å²) in [7, 11) is 75.6. The molecule has 6 aliphatic heterocycles. The first-order valence-corrected chi connectivity index (χ1v) is 65.7. The molecule has 0 atom stereocenters. The number of hydrogen-bond donors (Lipinski definition) is 1. The standard InChI is InChI=1S/6C2H2S7.H2NOS/c6*1-2-4-6-8-9-7-5-3-1;1-3-2/h6*1-2H;1,3H/q;;;;;;-1. The first kappa shape index (κ1) is 70.1. The third-order valence-electron chi connectivity index (χ3n) is 2.14. The van der Waals surface area contributed by atoms with E-state index in [4.69, 9.17) is 8.99 Å². The van der Waals surface area contributed by atoms with Gasteiger partial charge in [-0.3, -0.25) is 0 Å². The second-order valence-corrected chi connectivity index (χ2v) is 70.7. The van der Waals surface area contributed by atoms with Crippen molar-refractivity contribution in [3.05, 3.63) is 64.9 Å². The molecule has 6 heterocycles. The van der Waals surface area contributed by atoms with Crippen LogP contribution in [0.2, 0.25) is 0 Å². The molecule has 0 fully saturated rings. The molecule has 1 N–H and O–H groups in total. The summed E-state index contributed by atoms with van der Waals surface area (Å²) in [4.78, 5) is 0. The predicted molar refractivity (Wildman–Crippen MR) is 386 cm³/mol. The first-order chi connectivity index (χ1) is 28.4. The lowest BCUT2D eigenvalue weighted by molar-refractivity contribution is 0.608. The summed E-state index contributed by atoms with van der Waals surface area (Å²) in [5.74, 6) is 0. The van der Waals surface area contributed by atoms with Crippen LogP contribution in [0.15, 0.2) is 64.9 Å². The molecular weight excluding hydrogens is 1550 g/mol. The zero-order valence-electron chi connectivity index (χ0n) is 25.4. The van der Waals surface area contributed by atoms with Crippen molar-refractivity contribution in [3.63, 3.8) is 0 Å². The van der Waals surface area contributed by atoms with Gasteiger partial charge in [-0.05, 0) is 360 Å². The van der Waals surface area contributed by atoms with Gasteiger partial charge in [-0.25, -0.2) is 11.5 Å².